The van der Waals surface area contributed by atoms with Gasteiger partial charge in [0.2, 0.25) is 6.54 Å². The van der Waals surface area contributed by atoms with E-state index in [9.17, 15) is 20.2 Å². The zero-order chi connectivity index (χ0) is 19.4. The molecule has 3 rings (SSSR count). The second kappa shape index (κ2) is 7.96. The lowest BCUT2D eigenvalue weighted by Gasteiger charge is -2.14. The maximum atomic E-state index is 11.2. The van der Waals surface area contributed by atoms with Crippen LogP contribution in [0.5, 0.6) is 0 Å². The fraction of sp³-hybridized carbons (Fsp3) is 0.176. The van der Waals surface area contributed by atoms with Crippen molar-refractivity contribution in [2.45, 2.75) is 17.3 Å². The van der Waals surface area contributed by atoms with Gasteiger partial charge in [0.25, 0.3) is 5.69 Å². The Morgan fingerprint density at radius 3 is 2.48 bits per heavy atom. The van der Waals surface area contributed by atoms with Gasteiger partial charge >= 0.3 is 0 Å². The number of benzene rings is 2. The van der Waals surface area contributed by atoms with Gasteiger partial charge < -0.3 is 0 Å². The molecule has 9 nitrogen and oxygen atoms in total. The third-order valence-electron chi connectivity index (χ3n) is 3.82. The van der Waals surface area contributed by atoms with E-state index in [0.717, 1.165) is 17.4 Å². The summed E-state index contributed by atoms with van der Waals surface area (Å²) >= 11 is 1.16. The molecule has 2 aromatic carbocycles. The molecule has 0 fully saturated rings. The van der Waals surface area contributed by atoms with Gasteiger partial charge in [0.05, 0.1) is 4.92 Å². The highest BCUT2D eigenvalue weighted by atomic mass is 32.2. The number of nitrogens with zero attached hydrogens (tertiary/aromatic N) is 5. The summed E-state index contributed by atoms with van der Waals surface area (Å²) in [7, 11) is 0. The normalized spacial score (nSPS) is 11.9. The van der Waals surface area contributed by atoms with E-state index in [4.69, 9.17) is 0 Å². The average molecular weight is 385 g/mol. The van der Waals surface area contributed by atoms with Crippen LogP contribution >= 0.6 is 11.8 Å². The molecule has 1 heterocycles. The lowest BCUT2D eigenvalue weighted by atomic mass is 10.1. The Morgan fingerprint density at radius 2 is 1.81 bits per heavy atom. The van der Waals surface area contributed by atoms with Crippen LogP contribution in [-0.2, 0) is 0 Å². The molecule has 1 atom stereocenters. The molecule has 1 aromatic heterocycles. The van der Waals surface area contributed by atoms with Crippen molar-refractivity contribution < 1.29 is 9.85 Å². The Bertz CT molecular complexity index is 976. The quantitative estimate of drug-likeness (QED) is 0.346. The molecule has 0 bridgehead atoms. The lowest BCUT2D eigenvalue weighted by Crippen LogP contribution is -2.11. The smallest absolute Gasteiger partial charge is 0.269 e. The standard InChI is InChI=1S/C17H15N5O4S/c1-12-18-19-17(21(12)14-7-3-2-4-8-14)27-16(11-20(23)24)13-6-5-9-15(10-13)22(25)26/h2-10,16H,11H2,1H3/t16-/m1/s1. The third-order valence-corrected chi connectivity index (χ3v) is 5.01. The molecule has 0 aliphatic rings. The van der Waals surface area contributed by atoms with Gasteiger partial charge in [-0.3, -0.25) is 24.8 Å². The third kappa shape index (κ3) is 4.29. The highest BCUT2D eigenvalue weighted by Crippen LogP contribution is 2.36. The van der Waals surface area contributed by atoms with E-state index in [1.165, 1.54) is 18.2 Å². The predicted molar refractivity (Wildman–Crippen MR) is 99.7 cm³/mol. The molecule has 0 radical (unpaired) electrons. The molecule has 27 heavy (non-hydrogen) atoms. The number of para-hydroxylation sites is 1. The maximum absolute atomic E-state index is 11.2. The van der Waals surface area contributed by atoms with Crippen molar-refractivity contribution in [3.05, 3.63) is 86.2 Å². The van der Waals surface area contributed by atoms with Gasteiger partial charge in [0.15, 0.2) is 5.16 Å². The van der Waals surface area contributed by atoms with Gasteiger partial charge in [-0.2, -0.15) is 0 Å². The first-order valence-electron chi connectivity index (χ1n) is 7.96. The monoisotopic (exact) mass is 385 g/mol. The zero-order valence-corrected chi connectivity index (χ0v) is 15.1. The number of rotatable bonds is 7. The molecule has 138 valence electrons. The molecule has 0 amide bonds. The highest BCUT2D eigenvalue weighted by molar-refractivity contribution is 7.99. The largest absolute Gasteiger partial charge is 0.274 e. The van der Waals surface area contributed by atoms with Crippen molar-refractivity contribution in [3.63, 3.8) is 0 Å². The van der Waals surface area contributed by atoms with E-state index < -0.39 is 21.6 Å². The fourth-order valence-corrected chi connectivity index (χ4v) is 3.77. The van der Waals surface area contributed by atoms with E-state index >= 15 is 0 Å². The van der Waals surface area contributed by atoms with Gasteiger partial charge in [-0.15, -0.1) is 10.2 Å². The number of aromatic nitrogens is 3. The summed E-state index contributed by atoms with van der Waals surface area (Å²) < 4.78 is 1.80. The number of hydrogen-bond acceptors (Lipinski definition) is 7. The molecular formula is C17H15N5O4S. The molecule has 3 aromatic rings. The Labute approximate surface area is 158 Å². The molecule has 0 aliphatic heterocycles. The highest BCUT2D eigenvalue weighted by Gasteiger charge is 2.25. The molecule has 0 saturated carbocycles. The van der Waals surface area contributed by atoms with Crippen LogP contribution in [0.15, 0.2) is 59.8 Å². The summed E-state index contributed by atoms with van der Waals surface area (Å²) in [5.41, 5.74) is 1.22. The van der Waals surface area contributed by atoms with Crippen molar-refractivity contribution >= 4 is 17.4 Å². The first kappa shape index (κ1) is 18.5. The van der Waals surface area contributed by atoms with Crippen LogP contribution in [0.25, 0.3) is 5.69 Å². The number of thioether (sulfide) groups is 1. The molecular weight excluding hydrogens is 370 g/mol. The number of hydrogen-bond donors (Lipinski definition) is 0. The molecule has 10 heteroatoms. The summed E-state index contributed by atoms with van der Waals surface area (Å²) in [6, 6.07) is 15.3. The number of nitro benzene ring substituents is 1. The second-order valence-electron chi connectivity index (χ2n) is 5.67. The second-order valence-corrected chi connectivity index (χ2v) is 6.84. The van der Waals surface area contributed by atoms with E-state index in [1.54, 1.807) is 17.6 Å². The Kier molecular flexibility index (Phi) is 5.46. The maximum Gasteiger partial charge on any atom is 0.269 e. The summed E-state index contributed by atoms with van der Waals surface area (Å²) in [6.07, 6.45) is 0. The van der Waals surface area contributed by atoms with Gasteiger partial charge in [-0.25, -0.2) is 0 Å². The number of non-ortho nitro benzene ring substituents is 1. The summed E-state index contributed by atoms with van der Waals surface area (Å²) in [6.45, 7) is 1.40. The van der Waals surface area contributed by atoms with Crippen LogP contribution in [0.4, 0.5) is 5.69 Å². The van der Waals surface area contributed by atoms with Crippen LogP contribution in [0.2, 0.25) is 0 Å². The molecule has 0 spiro atoms. The fourth-order valence-electron chi connectivity index (χ4n) is 2.61. The van der Waals surface area contributed by atoms with Gasteiger partial charge in [-0.1, -0.05) is 42.1 Å². The van der Waals surface area contributed by atoms with E-state index in [0.29, 0.717) is 16.5 Å². The number of aryl methyl sites for hydroxylation is 1. The van der Waals surface area contributed by atoms with Crippen LogP contribution in [-0.4, -0.2) is 31.2 Å². The van der Waals surface area contributed by atoms with Gasteiger partial charge in [0, 0.05) is 22.7 Å². The molecule has 0 unspecified atom stereocenters. The van der Waals surface area contributed by atoms with Crippen molar-refractivity contribution in [1.29, 1.82) is 0 Å². The van der Waals surface area contributed by atoms with Crippen LogP contribution in [0.1, 0.15) is 16.6 Å². The number of nitro groups is 2. The van der Waals surface area contributed by atoms with Crippen LogP contribution < -0.4 is 0 Å². The Morgan fingerprint density at radius 1 is 1.07 bits per heavy atom. The Balaban J connectivity index is 1.98. The van der Waals surface area contributed by atoms with E-state index in [2.05, 4.69) is 10.2 Å². The minimum Gasteiger partial charge on any atom is -0.274 e. The average Bonchev–Trinajstić information content (AvgIpc) is 3.02. The Hall–Kier alpha value is -3.27. The van der Waals surface area contributed by atoms with E-state index in [-0.39, 0.29) is 5.69 Å². The van der Waals surface area contributed by atoms with Gasteiger partial charge in [-0.05, 0) is 24.6 Å². The lowest BCUT2D eigenvalue weighted by molar-refractivity contribution is -0.479. The first-order valence-corrected chi connectivity index (χ1v) is 8.84. The van der Waals surface area contributed by atoms with Crippen molar-refractivity contribution in [2.24, 2.45) is 0 Å². The first-order chi connectivity index (χ1) is 13.0. The molecule has 0 saturated heterocycles. The summed E-state index contributed by atoms with van der Waals surface area (Å²) in [5.74, 6) is 0.641. The minimum absolute atomic E-state index is 0.109. The van der Waals surface area contributed by atoms with Crippen molar-refractivity contribution in [3.8, 4) is 5.69 Å². The van der Waals surface area contributed by atoms with E-state index in [1.807, 2.05) is 30.3 Å². The van der Waals surface area contributed by atoms with Crippen LogP contribution in [0, 0.1) is 27.2 Å². The SMILES string of the molecule is Cc1nnc(S[C@H](C[N+](=O)[O-])c2cccc([N+](=O)[O-])c2)n1-c1ccccc1. The molecule has 0 N–H and O–H groups in total. The topological polar surface area (TPSA) is 117 Å². The predicted octanol–water partition coefficient (Wildman–Crippen LogP) is 3.59. The van der Waals surface area contributed by atoms with Gasteiger partial charge in [0.1, 0.15) is 11.1 Å². The minimum atomic E-state index is -0.647. The summed E-state index contributed by atoms with van der Waals surface area (Å²) in [4.78, 5) is 21.2. The summed E-state index contributed by atoms with van der Waals surface area (Å²) in [5, 5.41) is 30.3. The zero-order valence-electron chi connectivity index (χ0n) is 14.3. The van der Waals surface area contributed by atoms with Crippen molar-refractivity contribution in [2.75, 3.05) is 6.54 Å². The molecule has 0 aliphatic carbocycles. The van der Waals surface area contributed by atoms with Crippen LogP contribution in [0.3, 0.4) is 0 Å². The van der Waals surface area contributed by atoms with Crippen molar-refractivity contribution in [1.82, 2.24) is 14.8 Å².